The van der Waals surface area contributed by atoms with Gasteiger partial charge in [-0.05, 0) is 25.1 Å². The number of nitrogens with two attached hydrogens (primary N) is 1. The van der Waals surface area contributed by atoms with E-state index in [0.717, 1.165) is 0 Å². The van der Waals surface area contributed by atoms with Gasteiger partial charge in [0.2, 0.25) is 5.91 Å². The van der Waals surface area contributed by atoms with Gasteiger partial charge in [-0.1, -0.05) is 11.6 Å². The molecule has 0 bridgehead atoms. The first-order chi connectivity index (χ1) is 8.04. The Bertz CT molecular complexity index is 401. The number of nitrogen functional groups attached to an aromatic ring is 1. The number of hydrogen-bond acceptors (Lipinski definition) is 4. The molecule has 1 rings (SSSR count). The van der Waals surface area contributed by atoms with E-state index in [2.05, 4.69) is 5.32 Å². The quantitative estimate of drug-likeness (QED) is 0.718. The standard InChI is InChI=1S/C11H15ClN2O2S/c1-7(17-5-4-15)11(16)14-10-3-2-8(13)6-9(10)12/h2-3,6-7,15H,4-5,13H2,1H3,(H,14,16). The fraction of sp³-hybridized carbons (Fsp3) is 0.364. The molecule has 17 heavy (non-hydrogen) atoms. The number of halogens is 1. The summed E-state index contributed by atoms with van der Waals surface area (Å²) in [7, 11) is 0. The highest BCUT2D eigenvalue weighted by atomic mass is 35.5. The maximum Gasteiger partial charge on any atom is 0.237 e. The Balaban J connectivity index is 2.61. The van der Waals surface area contributed by atoms with E-state index in [0.29, 0.717) is 22.2 Å². The van der Waals surface area contributed by atoms with E-state index in [9.17, 15) is 4.79 Å². The zero-order valence-corrected chi connectivity index (χ0v) is 11.0. The molecule has 1 unspecified atom stereocenters. The number of carbonyl (C=O) groups excluding carboxylic acids is 1. The van der Waals surface area contributed by atoms with Gasteiger partial charge >= 0.3 is 0 Å². The summed E-state index contributed by atoms with van der Waals surface area (Å²) < 4.78 is 0. The van der Waals surface area contributed by atoms with Crippen LogP contribution < -0.4 is 11.1 Å². The van der Waals surface area contributed by atoms with Gasteiger partial charge in [0.05, 0.1) is 22.6 Å². The number of rotatable bonds is 5. The average Bonchev–Trinajstić information content (AvgIpc) is 2.29. The average molecular weight is 275 g/mol. The third-order valence-electron chi connectivity index (χ3n) is 2.08. The number of carbonyl (C=O) groups is 1. The molecule has 0 aliphatic rings. The van der Waals surface area contributed by atoms with Gasteiger partial charge < -0.3 is 16.2 Å². The van der Waals surface area contributed by atoms with Gasteiger partial charge in [0.1, 0.15) is 0 Å². The number of thioether (sulfide) groups is 1. The first-order valence-corrected chi connectivity index (χ1v) is 6.55. The van der Waals surface area contributed by atoms with Gasteiger partial charge in [-0.2, -0.15) is 0 Å². The molecule has 0 aliphatic heterocycles. The fourth-order valence-electron chi connectivity index (χ4n) is 1.17. The first kappa shape index (κ1) is 14.2. The molecule has 0 heterocycles. The van der Waals surface area contributed by atoms with E-state index in [4.69, 9.17) is 22.4 Å². The summed E-state index contributed by atoms with van der Waals surface area (Å²) in [5.41, 5.74) is 6.65. The predicted octanol–water partition coefficient (Wildman–Crippen LogP) is 1.97. The Kier molecular flexibility index (Phi) is 5.61. The molecule has 0 aliphatic carbocycles. The lowest BCUT2D eigenvalue weighted by Gasteiger charge is -2.12. The highest BCUT2D eigenvalue weighted by Crippen LogP contribution is 2.24. The molecule has 0 saturated heterocycles. The molecule has 0 saturated carbocycles. The summed E-state index contributed by atoms with van der Waals surface area (Å²) in [4.78, 5) is 11.8. The minimum Gasteiger partial charge on any atom is -0.399 e. The predicted molar refractivity (Wildman–Crippen MR) is 73.5 cm³/mol. The van der Waals surface area contributed by atoms with Crippen LogP contribution in [0.4, 0.5) is 11.4 Å². The maximum absolute atomic E-state index is 11.8. The van der Waals surface area contributed by atoms with E-state index in [1.807, 2.05) is 0 Å². The highest BCUT2D eigenvalue weighted by molar-refractivity contribution is 8.00. The fourth-order valence-corrected chi connectivity index (χ4v) is 2.08. The molecule has 94 valence electrons. The van der Waals surface area contributed by atoms with Crippen LogP contribution in [0, 0.1) is 0 Å². The summed E-state index contributed by atoms with van der Waals surface area (Å²) >= 11 is 7.32. The number of nitrogens with one attached hydrogen (secondary N) is 1. The molecule has 0 aromatic heterocycles. The lowest BCUT2D eigenvalue weighted by atomic mass is 10.2. The van der Waals surface area contributed by atoms with Gasteiger partial charge in [-0.3, -0.25) is 4.79 Å². The Morgan fingerprint density at radius 3 is 2.94 bits per heavy atom. The summed E-state index contributed by atoms with van der Waals surface area (Å²) in [5.74, 6) is 0.388. The van der Waals surface area contributed by atoms with Gasteiger partial charge in [0, 0.05) is 11.4 Å². The Morgan fingerprint density at radius 1 is 1.65 bits per heavy atom. The molecule has 4 N–H and O–H groups in total. The molecular weight excluding hydrogens is 260 g/mol. The van der Waals surface area contributed by atoms with Crippen LogP contribution in [0.3, 0.4) is 0 Å². The van der Waals surface area contributed by atoms with Crippen LogP contribution in [-0.4, -0.2) is 28.6 Å². The molecule has 0 radical (unpaired) electrons. The molecule has 0 spiro atoms. The van der Waals surface area contributed by atoms with Crippen LogP contribution in [0.1, 0.15) is 6.92 Å². The van der Waals surface area contributed by atoms with E-state index >= 15 is 0 Å². The van der Waals surface area contributed by atoms with Crippen molar-refractivity contribution in [3.8, 4) is 0 Å². The summed E-state index contributed by atoms with van der Waals surface area (Å²) in [6, 6.07) is 4.93. The third kappa shape index (κ3) is 4.46. The van der Waals surface area contributed by atoms with Crippen molar-refractivity contribution in [3.05, 3.63) is 23.2 Å². The number of anilines is 2. The summed E-state index contributed by atoms with van der Waals surface area (Å²) in [5, 5.41) is 11.6. The van der Waals surface area contributed by atoms with E-state index in [1.54, 1.807) is 25.1 Å². The zero-order valence-electron chi connectivity index (χ0n) is 9.44. The smallest absolute Gasteiger partial charge is 0.237 e. The normalized spacial score (nSPS) is 12.2. The van der Waals surface area contributed by atoms with Crippen LogP contribution in [0.15, 0.2) is 18.2 Å². The Morgan fingerprint density at radius 2 is 2.35 bits per heavy atom. The highest BCUT2D eigenvalue weighted by Gasteiger charge is 2.14. The second-order valence-electron chi connectivity index (χ2n) is 3.47. The first-order valence-electron chi connectivity index (χ1n) is 5.13. The Labute approximate surface area is 110 Å². The van der Waals surface area contributed by atoms with Crippen molar-refractivity contribution in [2.75, 3.05) is 23.4 Å². The van der Waals surface area contributed by atoms with Crippen LogP contribution in [-0.2, 0) is 4.79 Å². The number of benzene rings is 1. The van der Waals surface area contributed by atoms with Crippen molar-refractivity contribution in [1.82, 2.24) is 0 Å². The van der Waals surface area contributed by atoms with E-state index in [-0.39, 0.29) is 17.8 Å². The topological polar surface area (TPSA) is 75.3 Å². The van der Waals surface area contributed by atoms with Gasteiger partial charge in [0.15, 0.2) is 0 Å². The van der Waals surface area contributed by atoms with Crippen LogP contribution in [0.25, 0.3) is 0 Å². The van der Waals surface area contributed by atoms with Crippen molar-refractivity contribution in [1.29, 1.82) is 0 Å². The largest absolute Gasteiger partial charge is 0.399 e. The molecule has 1 atom stereocenters. The molecule has 0 fully saturated rings. The minimum absolute atomic E-state index is 0.0604. The summed E-state index contributed by atoms with van der Waals surface area (Å²) in [6.45, 7) is 1.84. The minimum atomic E-state index is -0.240. The van der Waals surface area contributed by atoms with Gasteiger partial charge in [-0.25, -0.2) is 0 Å². The molecule has 6 heteroatoms. The monoisotopic (exact) mass is 274 g/mol. The van der Waals surface area contributed by atoms with Crippen molar-refractivity contribution >= 4 is 40.6 Å². The molecule has 1 amide bonds. The van der Waals surface area contributed by atoms with E-state index in [1.165, 1.54) is 11.8 Å². The van der Waals surface area contributed by atoms with Crippen LogP contribution in [0.5, 0.6) is 0 Å². The van der Waals surface area contributed by atoms with Crippen molar-refractivity contribution < 1.29 is 9.90 Å². The van der Waals surface area contributed by atoms with Gasteiger partial charge in [0.25, 0.3) is 0 Å². The maximum atomic E-state index is 11.8. The molecule has 1 aromatic carbocycles. The van der Waals surface area contributed by atoms with Gasteiger partial charge in [-0.15, -0.1) is 11.8 Å². The lowest BCUT2D eigenvalue weighted by Crippen LogP contribution is -2.23. The molecule has 1 aromatic rings. The van der Waals surface area contributed by atoms with Crippen LogP contribution in [0.2, 0.25) is 5.02 Å². The number of aliphatic hydroxyl groups is 1. The lowest BCUT2D eigenvalue weighted by molar-refractivity contribution is -0.115. The van der Waals surface area contributed by atoms with Crippen LogP contribution >= 0.6 is 23.4 Å². The second-order valence-corrected chi connectivity index (χ2v) is 5.32. The van der Waals surface area contributed by atoms with Crippen molar-refractivity contribution in [2.24, 2.45) is 0 Å². The van der Waals surface area contributed by atoms with Crippen molar-refractivity contribution in [2.45, 2.75) is 12.2 Å². The van der Waals surface area contributed by atoms with Crippen molar-refractivity contribution in [3.63, 3.8) is 0 Å². The van der Waals surface area contributed by atoms with E-state index < -0.39 is 0 Å². The molecular formula is C11H15ClN2O2S. The SMILES string of the molecule is CC(SCCO)C(=O)Nc1ccc(N)cc1Cl. The summed E-state index contributed by atoms with van der Waals surface area (Å²) in [6.07, 6.45) is 0. The number of aliphatic hydroxyl groups excluding tert-OH is 1. The Hall–Kier alpha value is -0.910. The zero-order chi connectivity index (χ0) is 12.8. The number of amides is 1. The third-order valence-corrected chi connectivity index (χ3v) is 3.52. The number of hydrogen-bond donors (Lipinski definition) is 3. The second kappa shape index (κ2) is 6.74. The molecule has 4 nitrogen and oxygen atoms in total.